The number of fused-ring (bicyclic) bond motifs is 3. The van der Waals surface area contributed by atoms with Crippen LogP contribution in [0.2, 0.25) is 0 Å². The number of benzene rings is 1. The molecule has 0 radical (unpaired) electrons. The Morgan fingerprint density at radius 3 is 2.52 bits per heavy atom. The molecule has 0 bridgehead atoms. The van der Waals surface area contributed by atoms with Gasteiger partial charge in [-0.1, -0.05) is 18.2 Å². The number of alkyl carbamates (subject to hydrolysis) is 1. The molecular formula is C28H31N5O6S. The SMILES string of the molecule is CC(=O)OC(c1nc2c(cnc3[nH]ccc32)[nH]1)(C1CCC(NC(=O)OCC2CC2)CC1)S(=O)(=O)c1ccccc1. The molecule has 2 aliphatic rings. The van der Waals surface area contributed by atoms with Crippen LogP contribution >= 0.6 is 0 Å². The van der Waals surface area contributed by atoms with Gasteiger partial charge in [0.25, 0.3) is 4.93 Å². The van der Waals surface area contributed by atoms with Crippen LogP contribution in [0.3, 0.4) is 0 Å². The zero-order valence-electron chi connectivity index (χ0n) is 22.1. The predicted octanol–water partition coefficient (Wildman–Crippen LogP) is 4.32. The van der Waals surface area contributed by atoms with Crippen LogP contribution in [0.5, 0.6) is 0 Å². The highest BCUT2D eigenvalue weighted by molar-refractivity contribution is 7.92. The van der Waals surface area contributed by atoms with Gasteiger partial charge in [-0.15, -0.1) is 0 Å². The number of pyridine rings is 1. The molecule has 12 heteroatoms. The molecule has 1 amide bonds. The van der Waals surface area contributed by atoms with Gasteiger partial charge in [-0.25, -0.2) is 23.2 Å². The van der Waals surface area contributed by atoms with Crippen LogP contribution in [0.4, 0.5) is 4.79 Å². The van der Waals surface area contributed by atoms with Crippen LogP contribution in [-0.2, 0) is 29.0 Å². The van der Waals surface area contributed by atoms with Crippen molar-refractivity contribution in [3.8, 4) is 0 Å². The number of carbonyl (C=O) groups excluding carboxylic acids is 2. The molecule has 0 spiro atoms. The Labute approximate surface area is 231 Å². The minimum Gasteiger partial charge on any atom is -0.449 e. The molecule has 1 atom stereocenters. The number of aromatic nitrogens is 4. The monoisotopic (exact) mass is 565 g/mol. The first-order valence-corrected chi connectivity index (χ1v) is 15.0. The number of H-pyrrole nitrogens is 2. The van der Waals surface area contributed by atoms with E-state index in [2.05, 4.69) is 20.3 Å². The number of hydrogen-bond acceptors (Lipinski definition) is 8. The van der Waals surface area contributed by atoms with Crippen molar-refractivity contribution in [2.24, 2.45) is 11.8 Å². The number of nitrogens with zero attached hydrogens (tertiary/aromatic N) is 2. The van der Waals surface area contributed by atoms with Gasteiger partial charge in [0, 0.05) is 30.5 Å². The Morgan fingerprint density at radius 2 is 1.82 bits per heavy atom. The molecule has 2 fully saturated rings. The fraction of sp³-hybridized carbons (Fsp3) is 0.429. The Balaban J connectivity index is 1.40. The summed E-state index contributed by atoms with van der Waals surface area (Å²) in [7, 11) is -4.33. The molecule has 3 N–H and O–H groups in total. The molecule has 2 saturated carbocycles. The highest BCUT2D eigenvalue weighted by Gasteiger charge is 2.58. The zero-order chi connectivity index (χ0) is 27.9. The molecule has 11 nitrogen and oxygen atoms in total. The van der Waals surface area contributed by atoms with Crippen LogP contribution < -0.4 is 5.32 Å². The van der Waals surface area contributed by atoms with E-state index < -0.39 is 32.8 Å². The minimum absolute atomic E-state index is 0.0190. The molecule has 1 aromatic carbocycles. The van der Waals surface area contributed by atoms with Crippen molar-refractivity contribution in [2.75, 3.05) is 6.61 Å². The number of esters is 1. The number of aromatic amines is 2. The summed E-state index contributed by atoms with van der Waals surface area (Å²) >= 11 is 0. The van der Waals surface area contributed by atoms with Gasteiger partial charge < -0.3 is 24.8 Å². The number of rotatable bonds is 8. The van der Waals surface area contributed by atoms with Crippen LogP contribution in [0.1, 0.15) is 51.3 Å². The standard InChI is InChI=1S/C28H31N5O6S/c1-17(34)39-28(40(36,37)21-5-3-2-4-6-21,26-32-23-15-30-25-22(13-14-29-25)24(23)33-26)19-9-11-20(12-10-19)31-27(35)38-16-18-7-8-18/h2-6,13-15,18-20H,7-12,16H2,1H3,(H,29,30)(H,31,35)(H,32,33). The van der Waals surface area contributed by atoms with Crippen molar-refractivity contribution in [3.63, 3.8) is 0 Å². The second-order valence-corrected chi connectivity index (χ2v) is 12.7. The van der Waals surface area contributed by atoms with Crippen LogP contribution in [-0.4, -0.2) is 53.1 Å². The lowest BCUT2D eigenvalue weighted by molar-refractivity contribution is -0.156. The van der Waals surface area contributed by atoms with E-state index in [-0.39, 0.29) is 16.8 Å². The maximum absolute atomic E-state index is 14.5. The number of imidazole rings is 1. The third-order valence-corrected chi connectivity index (χ3v) is 10.1. The van der Waals surface area contributed by atoms with Gasteiger partial charge in [-0.3, -0.25) is 4.79 Å². The molecular weight excluding hydrogens is 534 g/mol. The number of hydrogen-bond donors (Lipinski definition) is 3. The van der Waals surface area contributed by atoms with Gasteiger partial charge in [0.15, 0.2) is 5.82 Å². The summed E-state index contributed by atoms with van der Waals surface area (Å²) in [6.07, 6.45) is 6.71. The lowest BCUT2D eigenvalue weighted by Gasteiger charge is -2.41. The van der Waals surface area contributed by atoms with Crippen molar-refractivity contribution >= 4 is 44.0 Å². The molecule has 4 aromatic rings. The molecule has 6 rings (SSSR count). The Hall–Kier alpha value is -3.93. The predicted molar refractivity (Wildman–Crippen MR) is 146 cm³/mol. The lowest BCUT2D eigenvalue weighted by atomic mass is 9.82. The zero-order valence-corrected chi connectivity index (χ0v) is 22.9. The molecule has 0 saturated heterocycles. The summed E-state index contributed by atoms with van der Waals surface area (Å²) in [6.45, 7) is 1.62. The Bertz CT molecular complexity index is 1650. The second-order valence-electron chi connectivity index (χ2n) is 10.7. The van der Waals surface area contributed by atoms with E-state index >= 15 is 0 Å². The lowest BCUT2D eigenvalue weighted by Crippen LogP contribution is -2.50. The molecule has 210 valence electrons. The third kappa shape index (κ3) is 4.70. The number of amides is 1. The van der Waals surface area contributed by atoms with Crippen molar-refractivity contribution in [1.29, 1.82) is 0 Å². The van der Waals surface area contributed by atoms with Crippen molar-refractivity contribution in [2.45, 2.75) is 61.3 Å². The normalized spacial score (nSPS) is 21.1. The van der Waals surface area contributed by atoms with Crippen molar-refractivity contribution in [3.05, 3.63) is 54.6 Å². The van der Waals surface area contributed by atoms with E-state index in [0.29, 0.717) is 60.3 Å². The van der Waals surface area contributed by atoms with Gasteiger partial charge in [0.1, 0.15) is 11.2 Å². The summed E-state index contributed by atoms with van der Waals surface area (Å²) in [6, 6.07) is 9.60. The molecule has 3 heterocycles. The fourth-order valence-corrected chi connectivity index (χ4v) is 7.78. The molecule has 3 aromatic heterocycles. The van der Waals surface area contributed by atoms with Gasteiger partial charge in [0.2, 0.25) is 9.84 Å². The molecule has 40 heavy (non-hydrogen) atoms. The van der Waals surface area contributed by atoms with Crippen LogP contribution in [0, 0.1) is 11.8 Å². The number of ether oxygens (including phenoxy) is 2. The molecule has 0 aliphatic heterocycles. The third-order valence-electron chi connectivity index (χ3n) is 7.85. The molecule has 1 unspecified atom stereocenters. The van der Waals surface area contributed by atoms with E-state index in [4.69, 9.17) is 14.5 Å². The highest BCUT2D eigenvalue weighted by Crippen LogP contribution is 2.48. The molecule has 2 aliphatic carbocycles. The maximum atomic E-state index is 14.5. The van der Waals surface area contributed by atoms with E-state index in [9.17, 15) is 18.0 Å². The van der Waals surface area contributed by atoms with E-state index in [1.165, 1.54) is 19.1 Å². The maximum Gasteiger partial charge on any atom is 0.407 e. The van der Waals surface area contributed by atoms with E-state index in [1.54, 1.807) is 30.6 Å². The van der Waals surface area contributed by atoms with Gasteiger partial charge in [-0.05, 0) is 62.6 Å². The quantitative estimate of drug-likeness (QED) is 0.267. The Morgan fingerprint density at radius 1 is 1.07 bits per heavy atom. The fourth-order valence-electron chi connectivity index (χ4n) is 5.66. The van der Waals surface area contributed by atoms with Crippen molar-refractivity contribution in [1.82, 2.24) is 25.3 Å². The number of sulfone groups is 1. The van der Waals surface area contributed by atoms with Gasteiger partial charge in [-0.2, -0.15) is 0 Å². The average molecular weight is 566 g/mol. The topological polar surface area (TPSA) is 156 Å². The average Bonchev–Trinajstić information content (AvgIpc) is 3.46. The summed E-state index contributed by atoms with van der Waals surface area (Å²) < 4.78 is 40.3. The first-order valence-electron chi connectivity index (χ1n) is 13.5. The first kappa shape index (κ1) is 26.3. The van der Waals surface area contributed by atoms with Gasteiger partial charge >= 0.3 is 12.1 Å². The Kier molecular flexibility index (Phi) is 6.73. The van der Waals surface area contributed by atoms with Gasteiger partial charge in [0.05, 0.1) is 23.2 Å². The van der Waals surface area contributed by atoms with Crippen molar-refractivity contribution < 1.29 is 27.5 Å². The minimum atomic E-state index is -4.33. The highest BCUT2D eigenvalue weighted by atomic mass is 32.2. The van der Waals surface area contributed by atoms with E-state index in [1.807, 2.05) is 6.07 Å². The summed E-state index contributed by atoms with van der Waals surface area (Å²) in [5, 5.41) is 3.62. The number of carbonyl (C=O) groups is 2. The summed E-state index contributed by atoms with van der Waals surface area (Å²) in [5.74, 6) is -0.899. The smallest absolute Gasteiger partial charge is 0.407 e. The largest absolute Gasteiger partial charge is 0.449 e. The van der Waals surface area contributed by atoms with Crippen LogP contribution in [0.15, 0.2) is 53.7 Å². The second kappa shape index (κ2) is 10.2. The van der Waals surface area contributed by atoms with Crippen LogP contribution in [0.25, 0.3) is 22.1 Å². The van der Waals surface area contributed by atoms with E-state index in [0.717, 1.165) is 12.8 Å². The number of nitrogens with one attached hydrogen (secondary N) is 3. The summed E-state index contributed by atoms with van der Waals surface area (Å²) in [4.78, 5) is 38.2. The first-order chi connectivity index (χ1) is 19.3. The summed E-state index contributed by atoms with van der Waals surface area (Å²) in [5.41, 5.74) is 1.65.